The van der Waals surface area contributed by atoms with Gasteiger partial charge in [-0.1, -0.05) is 50.3 Å². The van der Waals surface area contributed by atoms with E-state index in [0.717, 1.165) is 65.1 Å². The summed E-state index contributed by atoms with van der Waals surface area (Å²) in [5.74, 6) is 0.748. The topological polar surface area (TPSA) is 97.2 Å². The molecular weight excluding hydrogens is 538 g/mol. The fraction of sp³-hybridized carbons (Fsp3) is 0.471. The SMILES string of the molecule is CC[C@@H]1CN(Cc2cc(C(c3ccc4c(nnn4C)c3C)C(C)(C)C(=O)NCCNC)ccc2C)Cc2cnccc2O1. The summed E-state index contributed by atoms with van der Waals surface area (Å²) in [5.41, 5.74) is 7.93. The lowest BCUT2D eigenvalue weighted by atomic mass is 9.69. The zero-order valence-electron chi connectivity index (χ0n) is 26.6. The first-order chi connectivity index (χ1) is 20.6. The molecule has 2 aromatic heterocycles. The van der Waals surface area contributed by atoms with E-state index in [4.69, 9.17) is 4.74 Å². The molecule has 0 saturated heterocycles. The van der Waals surface area contributed by atoms with Crippen LogP contribution in [0.4, 0.5) is 0 Å². The number of amides is 1. The van der Waals surface area contributed by atoms with Crippen LogP contribution in [-0.2, 0) is 24.9 Å². The molecule has 2 atom stereocenters. The Bertz CT molecular complexity index is 1600. The van der Waals surface area contributed by atoms with Crippen LogP contribution in [0.2, 0.25) is 0 Å². The van der Waals surface area contributed by atoms with E-state index in [0.29, 0.717) is 13.1 Å². The molecule has 0 radical (unpaired) electrons. The first-order valence-electron chi connectivity index (χ1n) is 15.3. The molecule has 43 heavy (non-hydrogen) atoms. The number of ether oxygens (including phenoxy) is 1. The fourth-order valence-electron chi connectivity index (χ4n) is 6.28. The number of pyridine rings is 1. The number of rotatable bonds is 10. The van der Waals surface area contributed by atoms with Gasteiger partial charge in [0.2, 0.25) is 5.91 Å². The van der Waals surface area contributed by atoms with Gasteiger partial charge in [-0.3, -0.25) is 14.7 Å². The van der Waals surface area contributed by atoms with Crippen molar-refractivity contribution in [3.8, 4) is 5.75 Å². The Morgan fingerprint density at radius 1 is 1.16 bits per heavy atom. The van der Waals surface area contributed by atoms with Gasteiger partial charge in [0.25, 0.3) is 0 Å². The van der Waals surface area contributed by atoms with Gasteiger partial charge in [0.15, 0.2) is 0 Å². The van der Waals surface area contributed by atoms with Crippen molar-refractivity contribution in [2.75, 3.05) is 26.7 Å². The molecule has 1 unspecified atom stereocenters. The molecule has 0 spiro atoms. The minimum atomic E-state index is -0.741. The third-order valence-corrected chi connectivity index (χ3v) is 8.92. The highest BCUT2D eigenvalue weighted by atomic mass is 16.5. The minimum Gasteiger partial charge on any atom is -0.489 e. The van der Waals surface area contributed by atoms with E-state index in [-0.39, 0.29) is 17.9 Å². The second kappa shape index (κ2) is 12.8. The number of carbonyl (C=O) groups excluding carboxylic acids is 1. The second-order valence-corrected chi connectivity index (χ2v) is 12.4. The molecule has 2 N–H and O–H groups in total. The summed E-state index contributed by atoms with van der Waals surface area (Å²) < 4.78 is 8.14. The standard InChI is InChI=1S/C34H45N7O2/c1-8-27-21-41(20-26-18-36-14-13-30(26)43-27)19-25-17-24(10-9-22(25)2)31(34(4,5)33(42)37-16-15-35-6)28-11-12-29-32(23(28)3)38-39-40(29)7/h9-14,17-18,27,31,35H,8,15-16,19-21H2,1-7H3,(H,37,42)/t27-,31?/m1/s1. The largest absolute Gasteiger partial charge is 0.489 e. The molecule has 3 heterocycles. The van der Waals surface area contributed by atoms with Crippen LogP contribution in [0.3, 0.4) is 0 Å². The molecule has 0 bridgehead atoms. The van der Waals surface area contributed by atoms with Crippen molar-refractivity contribution >= 4 is 16.9 Å². The van der Waals surface area contributed by atoms with Crippen molar-refractivity contribution in [2.45, 2.75) is 66.2 Å². The lowest BCUT2D eigenvalue weighted by molar-refractivity contribution is -0.130. The highest BCUT2D eigenvalue weighted by Gasteiger charge is 2.40. The number of hydrogen-bond acceptors (Lipinski definition) is 7. The monoisotopic (exact) mass is 583 g/mol. The summed E-state index contributed by atoms with van der Waals surface area (Å²) >= 11 is 0. The van der Waals surface area contributed by atoms with Crippen molar-refractivity contribution in [3.63, 3.8) is 0 Å². The van der Waals surface area contributed by atoms with Gasteiger partial charge in [0, 0.05) is 63.6 Å². The van der Waals surface area contributed by atoms with Crippen molar-refractivity contribution in [1.29, 1.82) is 0 Å². The van der Waals surface area contributed by atoms with Gasteiger partial charge < -0.3 is 15.4 Å². The molecule has 0 aliphatic carbocycles. The molecule has 0 fully saturated rings. The van der Waals surface area contributed by atoms with Crippen LogP contribution < -0.4 is 15.4 Å². The smallest absolute Gasteiger partial charge is 0.226 e. The van der Waals surface area contributed by atoms with Crippen LogP contribution in [0.15, 0.2) is 48.8 Å². The lowest BCUT2D eigenvalue weighted by Gasteiger charge is -2.35. The Morgan fingerprint density at radius 2 is 1.98 bits per heavy atom. The Balaban J connectivity index is 1.55. The number of fused-ring (bicyclic) bond motifs is 2. The lowest BCUT2D eigenvalue weighted by Crippen LogP contribution is -2.43. The van der Waals surface area contributed by atoms with E-state index >= 15 is 0 Å². The van der Waals surface area contributed by atoms with E-state index in [9.17, 15) is 4.79 Å². The first-order valence-corrected chi connectivity index (χ1v) is 15.3. The van der Waals surface area contributed by atoms with Crippen LogP contribution in [-0.4, -0.2) is 63.6 Å². The van der Waals surface area contributed by atoms with Crippen LogP contribution in [0.5, 0.6) is 5.75 Å². The van der Waals surface area contributed by atoms with Gasteiger partial charge in [-0.2, -0.15) is 0 Å². The van der Waals surface area contributed by atoms with Crippen LogP contribution >= 0.6 is 0 Å². The van der Waals surface area contributed by atoms with E-state index in [2.05, 4.69) is 81.9 Å². The number of nitrogens with zero attached hydrogens (tertiary/aromatic N) is 5. The predicted molar refractivity (Wildman–Crippen MR) is 170 cm³/mol. The Hall–Kier alpha value is -3.82. The summed E-state index contributed by atoms with van der Waals surface area (Å²) in [4.78, 5) is 20.6. The van der Waals surface area contributed by atoms with Gasteiger partial charge in [0.05, 0.1) is 10.9 Å². The van der Waals surface area contributed by atoms with Crippen molar-refractivity contribution in [2.24, 2.45) is 12.5 Å². The van der Waals surface area contributed by atoms with Crippen molar-refractivity contribution < 1.29 is 9.53 Å². The van der Waals surface area contributed by atoms with E-state index < -0.39 is 5.41 Å². The summed E-state index contributed by atoms with van der Waals surface area (Å²) in [6, 6.07) is 12.9. The fourth-order valence-corrected chi connectivity index (χ4v) is 6.28. The maximum Gasteiger partial charge on any atom is 0.226 e. The molecule has 228 valence electrons. The van der Waals surface area contributed by atoms with Crippen LogP contribution in [0.25, 0.3) is 11.0 Å². The van der Waals surface area contributed by atoms with Crippen LogP contribution in [0, 0.1) is 19.3 Å². The molecule has 9 nitrogen and oxygen atoms in total. The summed E-state index contributed by atoms with van der Waals surface area (Å²) in [6.07, 6.45) is 4.76. The number of nitrogens with one attached hydrogen (secondary N) is 2. The van der Waals surface area contributed by atoms with E-state index in [1.807, 2.05) is 40.2 Å². The Kier molecular flexibility index (Phi) is 9.13. The third kappa shape index (κ3) is 6.28. The zero-order chi connectivity index (χ0) is 30.7. The summed E-state index contributed by atoms with van der Waals surface area (Å²) in [5, 5.41) is 15.0. The average Bonchev–Trinajstić information content (AvgIpc) is 3.27. The Labute approximate surface area is 255 Å². The highest BCUT2D eigenvalue weighted by Crippen LogP contribution is 2.44. The molecule has 1 aliphatic heterocycles. The number of aryl methyl sites for hydroxylation is 3. The maximum absolute atomic E-state index is 13.8. The number of carbonyl (C=O) groups is 1. The molecule has 9 heteroatoms. The summed E-state index contributed by atoms with van der Waals surface area (Å²) in [7, 11) is 3.80. The molecular formula is C34H45N7O2. The van der Waals surface area contributed by atoms with Crippen LogP contribution in [0.1, 0.15) is 66.5 Å². The molecule has 1 aliphatic rings. The molecule has 5 rings (SSSR count). The number of benzene rings is 2. The van der Waals surface area contributed by atoms with E-state index in [1.165, 1.54) is 11.1 Å². The van der Waals surface area contributed by atoms with Gasteiger partial charge in [-0.25, -0.2) is 4.68 Å². The number of hydrogen-bond donors (Lipinski definition) is 2. The zero-order valence-corrected chi connectivity index (χ0v) is 26.6. The predicted octanol–water partition coefficient (Wildman–Crippen LogP) is 4.65. The summed E-state index contributed by atoms with van der Waals surface area (Å²) in [6.45, 7) is 14.2. The van der Waals surface area contributed by atoms with Gasteiger partial charge >= 0.3 is 0 Å². The quantitative estimate of drug-likeness (QED) is 0.263. The minimum absolute atomic E-state index is 0.0214. The maximum atomic E-state index is 13.8. The number of likely N-dealkylation sites (N-methyl/N-ethyl adjacent to an activating group) is 1. The molecule has 2 aromatic carbocycles. The van der Waals surface area contributed by atoms with Crippen molar-refractivity contribution in [1.82, 2.24) is 35.5 Å². The second-order valence-electron chi connectivity index (χ2n) is 12.4. The molecule has 4 aromatic rings. The molecule has 1 amide bonds. The van der Waals surface area contributed by atoms with Gasteiger partial charge in [-0.15, -0.1) is 5.10 Å². The Morgan fingerprint density at radius 3 is 2.74 bits per heavy atom. The average molecular weight is 584 g/mol. The highest BCUT2D eigenvalue weighted by molar-refractivity contribution is 5.85. The molecule has 0 saturated carbocycles. The number of aromatic nitrogens is 4. The van der Waals surface area contributed by atoms with Gasteiger partial charge in [-0.05, 0) is 67.3 Å². The first kappa shape index (κ1) is 30.6. The van der Waals surface area contributed by atoms with E-state index in [1.54, 1.807) is 10.9 Å². The van der Waals surface area contributed by atoms with Gasteiger partial charge in [0.1, 0.15) is 17.4 Å². The third-order valence-electron chi connectivity index (χ3n) is 8.92. The van der Waals surface area contributed by atoms with Crippen molar-refractivity contribution in [3.05, 3.63) is 82.2 Å². The normalized spacial score (nSPS) is 16.4.